The molecule has 1 amide bonds. The third-order valence-corrected chi connectivity index (χ3v) is 12.4. The molecule has 0 spiro atoms. The maximum absolute atomic E-state index is 13.0. The summed E-state index contributed by atoms with van der Waals surface area (Å²) < 4.78 is 11.3. The Morgan fingerprint density at radius 2 is 0.949 bits per heavy atom. The van der Waals surface area contributed by atoms with Gasteiger partial charge in [0.05, 0.1) is 25.4 Å². The Morgan fingerprint density at radius 1 is 0.559 bits per heavy atom. The fourth-order valence-electron chi connectivity index (χ4n) is 8.27. The number of hydrogen-bond acceptors (Lipinski definition) is 8. The van der Waals surface area contributed by atoms with E-state index in [4.69, 9.17) is 9.47 Å². The summed E-state index contributed by atoms with van der Waals surface area (Å²) in [6.07, 6.45) is 40.9. The summed E-state index contributed by atoms with van der Waals surface area (Å²) in [5.41, 5.74) is 0. The topological polar surface area (TPSA) is 149 Å². The van der Waals surface area contributed by atoms with Gasteiger partial charge in [-0.3, -0.25) is 4.79 Å². The number of aliphatic hydroxyl groups is 5. The third-order valence-electron chi connectivity index (χ3n) is 12.4. The Kier molecular flexibility index (Phi) is 38.9. The molecule has 7 atom stereocenters. The first-order valence-corrected chi connectivity index (χ1v) is 25.4. The summed E-state index contributed by atoms with van der Waals surface area (Å²) >= 11 is 0. The minimum absolute atomic E-state index is 0.136. The summed E-state index contributed by atoms with van der Waals surface area (Å²) in [4.78, 5) is 13.0. The zero-order valence-electron chi connectivity index (χ0n) is 38.5. The van der Waals surface area contributed by atoms with Crippen LogP contribution in [0.15, 0.2) is 12.2 Å². The second-order valence-corrected chi connectivity index (χ2v) is 18.0. The molecule has 1 aliphatic rings. The second kappa shape index (κ2) is 41.0. The highest BCUT2D eigenvalue weighted by Crippen LogP contribution is 2.23. The average molecular weight is 840 g/mol. The number of rotatable bonds is 43. The predicted molar refractivity (Wildman–Crippen MR) is 244 cm³/mol. The van der Waals surface area contributed by atoms with Crippen molar-refractivity contribution in [2.75, 3.05) is 13.2 Å². The number of allylic oxidation sites excluding steroid dienone is 2. The number of amides is 1. The van der Waals surface area contributed by atoms with Gasteiger partial charge in [0.15, 0.2) is 6.29 Å². The molecular formula is C50H97NO8. The highest BCUT2D eigenvalue weighted by molar-refractivity contribution is 5.76. The van der Waals surface area contributed by atoms with Gasteiger partial charge in [0, 0.05) is 6.42 Å². The van der Waals surface area contributed by atoms with Crippen molar-refractivity contribution in [3.05, 3.63) is 12.2 Å². The van der Waals surface area contributed by atoms with Crippen LogP contribution in [0.5, 0.6) is 0 Å². The lowest BCUT2D eigenvalue weighted by Crippen LogP contribution is -2.60. The van der Waals surface area contributed by atoms with Crippen LogP contribution in [0.4, 0.5) is 0 Å². The second-order valence-electron chi connectivity index (χ2n) is 18.0. The van der Waals surface area contributed by atoms with E-state index in [-0.39, 0.29) is 12.5 Å². The van der Waals surface area contributed by atoms with Gasteiger partial charge < -0.3 is 40.3 Å². The van der Waals surface area contributed by atoms with Gasteiger partial charge in [0.1, 0.15) is 24.4 Å². The molecule has 59 heavy (non-hydrogen) atoms. The molecule has 6 N–H and O–H groups in total. The zero-order chi connectivity index (χ0) is 43.0. The van der Waals surface area contributed by atoms with E-state index in [0.717, 1.165) is 38.5 Å². The number of unbranched alkanes of at least 4 members (excludes halogenated alkanes) is 31. The lowest BCUT2D eigenvalue weighted by Gasteiger charge is -2.40. The van der Waals surface area contributed by atoms with E-state index in [9.17, 15) is 30.3 Å². The van der Waals surface area contributed by atoms with E-state index in [1.807, 2.05) is 0 Å². The number of aliphatic hydroxyl groups excluding tert-OH is 5. The average Bonchev–Trinajstić information content (AvgIpc) is 3.23. The van der Waals surface area contributed by atoms with Crippen molar-refractivity contribution in [2.45, 2.75) is 288 Å². The van der Waals surface area contributed by atoms with Crippen molar-refractivity contribution in [3.8, 4) is 0 Å². The molecule has 1 saturated heterocycles. The summed E-state index contributed by atoms with van der Waals surface area (Å²) in [6.45, 7) is 3.84. The summed E-state index contributed by atoms with van der Waals surface area (Å²) in [5, 5.41) is 54.3. The molecule has 1 rings (SSSR count). The molecule has 0 saturated carbocycles. The Balaban J connectivity index is 2.19. The Bertz CT molecular complexity index is 935. The number of carbonyl (C=O) groups is 1. The van der Waals surface area contributed by atoms with E-state index in [1.54, 1.807) is 0 Å². The number of ether oxygens (including phenoxy) is 2. The number of nitrogens with one attached hydrogen (secondary N) is 1. The highest BCUT2D eigenvalue weighted by atomic mass is 16.7. The van der Waals surface area contributed by atoms with Crippen molar-refractivity contribution in [1.82, 2.24) is 5.32 Å². The van der Waals surface area contributed by atoms with Crippen LogP contribution in [0.1, 0.15) is 245 Å². The molecule has 1 heterocycles. The molecule has 7 unspecified atom stereocenters. The number of carbonyl (C=O) groups excluding carboxylic acids is 1. The van der Waals surface area contributed by atoms with Crippen LogP contribution >= 0.6 is 0 Å². The van der Waals surface area contributed by atoms with Crippen LogP contribution in [0, 0.1) is 0 Å². The van der Waals surface area contributed by atoms with Crippen LogP contribution in [0.3, 0.4) is 0 Å². The van der Waals surface area contributed by atoms with Crippen LogP contribution in [-0.4, -0.2) is 87.5 Å². The van der Waals surface area contributed by atoms with Crippen LogP contribution in [-0.2, 0) is 14.3 Å². The molecule has 0 aromatic heterocycles. The normalized spacial score (nSPS) is 20.7. The lowest BCUT2D eigenvalue weighted by atomic mass is 9.99. The standard InChI is InChI=1S/C50H97NO8/c1-3-5-7-9-11-13-15-16-17-18-19-20-21-22-23-24-25-26-27-28-30-32-34-36-38-40-46(54)51-43(42-58-50-49(57)48(56)47(55)45(41-52)59-50)44(53)39-37-35-33-31-29-14-12-10-8-6-4-2/h22-23,43-45,47-50,52-53,55-57H,3-21,24-42H2,1-2H3,(H,51,54)/b23-22-. The van der Waals surface area contributed by atoms with Gasteiger partial charge in [-0.25, -0.2) is 0 Å². The molecular weight excluding hydrogens is 743 g/mol. The van der Waals surface area contributed by atoms with Gasteiger partial charge in [-0.05, 0) is 38.5 Å². The minimum atomic E-state index is -1.55. The minimum Gasteiger partial charge on any atom is -0.394 e. The molecule has 0 radical (unpaired) electrons. The summed E-state index contributed by atoms with van der Waals surface area (Å²) in [6, 6.07) is -0.715. The van der Waals surface area contributed by atoms with E-state index in [1.165, 1.54) is 180 Å². The summed E-state index contributed by atoms with van der Waals surface area (Å²) in [7, 11) is 0. The monoisotopic (exact) mass is 840 g/mol. The SMILES string of the molecule is CCCCCCCCCCCCCC/C=C\CCCCCCCCCCCC(=O)NC(COC1OC(CO)C(O)C(O)C1O)C(O)CCCCCCCCCCCCC. The Hall–Kier alpha value is -1.07. The Labute approximate surface area is 363 Å². The molecule has 0 bridgehead atoms. The first-order valence-electron chi connectivity index (χ1n) is 25.4. The molecule has 9 nitrogen and oxygen atoms in total. The van der Waals surface area contributed by atoms with Crippen LogP contribution < -0.4 is 5.32 Å². The first kappa shape index (κ1) is 55.9. The fraction of sp³-hybridized carbons (Fsp3) is 0.940. The zero-order valence-corrected chi connectivity index (χ0v) is 38.5. The van der Waals surface area contributed by atoms with Crippen molar-refractivity contribution in [3.63, 3.8) is 0 Å². The van der Waals surface area contributed by atoms with E-state index < -0.39 is 49.5 Å². The fourth-order valence-corrected chi connectivity index (χ4v) is 8.27. The molecule has 1 fully saturated rings. The lowest BCUT2D eigenvalue weighted by molar-refractivity contribution is -0.302. The van der Waals surface area contributed by atoms with Gasteiger partial charge in [-0.1, -0.05) is 212 Å². The van der Waals surface area contributed by atoms with Crippen molar-refractivity contribution in [2.24, 2.45) is 0 Å². The van der Waals surface area contributed by atoms with Crippen LogP contribution in [0.25, 0.3) is 0 Å². The summed E-state index contributed by atoms with van der Waals surface area (Å²) in [5.74, 6) is -0.145. The molecule has 9 heteroatoms. The highest BCUT2D eigenvalue weighted by Gasteiger charge is 2.44. The maximum Gasteiger partial charge on any atom is 0.220 e. The van der Waals surface area contributed by atoms with Gasteiger partial charge in [-0.15, -0.1) is 0 Å². The maximum atomic E-state index is 13.0. The first-order chi connectivity index (χ1) is 28.8. The molecule has 0 aromatic carbocycles. The number of hydrogen-bond donors (Lipinski definition) is 6. The van der Waals surface area contributed by atoms with E-state index in [0.29, 0.717) is 12.8 Å². The molecule has 1 aliphatic heterocycles. The van der Waals surface area contributed by atoms with Gasteiger partial charge in [-0.2, -0.15) is 0 Å². The van der Waals surface area contributed by atoms with Crippen molar-refractivity contribution < 1.29 is 39.8 Å². The largest absolute Gasteiger partial charge is 0.394 e. The van der Waals surface area contributed by atoms with Crippen molar-refractivity contribution >= 4 is 5.91 Å². The smallest absolute Gasteiger partial charge is 0.220 e. The van der Waals surface area contributed by atoms with Gasteiger partial charge in [0.25, 0.3) is 0 Å². The van der Waals surface area contributed by atoms with E-state index >= 15 is 0 Å². The third kappa shape index (κ3) is 31.4. The van der Waals surface area contributed by atoms with Gasteiger partial charge in [0.2, 0.25) is 5.91 Å². The predicted octanol–water partition coefficient (Wildman–Crippen LogP) is 11.3. The van der Waals surface area contributed by atoms with Crippen molar-refractivity contribution in [1.29, 1.82) is 0 Å². The van der Waals surface area contributed by atoms with Crippen LogP contribution in [0.2, 0.25) is 0 Å². The molecule has 0 aromatic rings. The van der Waals surface area contributed by atoms with E-state index in [2.05, 4.69) is 31.3 Å². The van der Waals surface area contributed by atoms with Gasteiger partial charge >= 0.3 is 0 Å². The molecule has 350 valence electrons. The quantitative estimate of drug-likeness (QED) is 0.0263. The Morgan fingerprint density at radius 3 is 1.37 bits per heavy atom. The molecule has 0 aliphatic carbocycles.